The number of carbonyl (C=O) groups is 1. The Hall–Kier alpha value is -2.29. The molecule has 0 fully saturated rings. The highest BCUT2D eigenvalue weighted by atomic mass is 16.5. The van der Waals surface area contributed by atoms with E-state index in [9.17, 15) is 4.79 Å². The molecular formula is C18H21NO2. The predicted molar refractivity (Wildman–Crippen MR) is 84.4 cm³/mol. The molecule has 3 heteroatoms. The van der Waals surface area contributed by atoms with Crippen LogP contribution in [0.3, 0.4) is 0 Å². The molecule has 0 aromatic heterocycles. The highest BCUT2D eigenvalue weighted by molar-refractivity contribution is 5.77. The first-order valence-electron chi connectivity index (χ1n) is 7.08. The Kier molecular flexibility index (Phi) is 4.99. The van der Waals surface area contributed by atoms with E-state index in [0.29, 0.717) is 6.54 Å². The van der Waals surface area contributed by atoms with Gasteiger partial charge in [0.2, 0.25) is 0 Å². The Balaban J connectivity index is 1.89. The lowest BCUT2D eigenvalue weighted by Gasteiger charge is -2.14. The third-order valence-corrected chi connectivity index (χ3v) is 3.55. The van der Waals surface area contributed by atoms with Gasteiger partial charge in [-0.1, -0.05) is 42.5 Å². The molecule has 0 spiro atoms. The van der Waals surface area contributed by atoms with Crippen molar-refractivity contribution in [3.8, 4) is 5.75 Å². The van der Waals surface area contributed by atoms with Crippen LogP contribution >= 0.6 is 0 Å². The van der Waals surface area contributed by atoms with Crippen molar-refractivity contribution in [1.29, 1.82) is 0 Å². The molecule has 0 heterocycles. The van der Waals surface area contributed by atoms with Crippen molar-refractivity contribution in [2.45, 2.75) is 27.3 Å². The summed E-state index contributed by atoms with van der Waals surface area (Å²) in [6.45, 7) is 6.60. The van der Waals surface area contributed by atoms with Gasteiger partial charge in [0, 0.05) is 6.54 Å². The normalized spacial score (nSPS) is 10.2. The first-order chi connectivity index (χ1) is 10.1. The van der Waals surface area contributed by atoms with Crippen LogP contribution in [0.1, 0.15) is 22.3 Å². The van der Waals surface area contributed by atoms with E-state index in [-0.39, 0.29) is 12.5 Å². The molecular weight excluding hydrogens is 262 g/mol. The van der Waals surface area contributed by atoms with Crippen molar-refractivity contribution in [3.63, 3.8) is 0 Å². The summed E-state index contributed by atoms with van der Waals surface area (Å²) in [6.07, 6.45) is 0. The first kappa shape index (κ1) is 15.1. The summed E-state index contributed by atoms with van der Waals surface area (Å²) >= 11 is 0. The summed E-state index contributed by atoms with van der Waals surface area (Å²) in [5.41, 5.74) is 4.38. The van der Waals surface area contributed by atoms with E-state index in [1.54, 1.807) is 0 Å². The van der Waals surface area contributed by atoms with Crippen LogP contribution in [-0.2, 0) is 11.3 Å². The Labute approximate surface area is 126 Å². The van der Waals surface area contributed by atoms with E-state index >= 15 is 0 Å². The molecule has 2 aromatic rings. The second-order valence-electron chi connectivity index (χ2n) is 5.20. The van der Waals surface area contributed by atoms with E-state index < -0.39 is 0 Å². The van der Waals surface area contributed by atoms with Gasteiger partial charge in [0.25, 0.3) is 5.91 Å². The summed E-state index contributed by atoms with van der Waals surface area (Å²) in [6, 6.07) is 13.9. The average molecular weight is 283 g/mol. The minimum absolute atomic E-state index is 0.0396. The monoisotopic (exact) mass is 283 g/mol. The first-order valence-corrected chi connectivity index (χ1v) is 7.08. The van der Waals surface area contributed by atoms with Crippen molar-refractivity contribution in [3.05, 3.63) is 64.7 Å². The molecule has 0 aliphatic carbocycles. The minimum atomic E-state index is -0.112. The second-order valence-corrected chi connectivity index (χ2v) is 5.20. The van der Waals surface area contributed by atoms with Crippen molar-refractivity contribution < 1.29 is 9.53 Å². The van der Waals surface area contributed by atoms with Gasteiger partial charge in [0.15, 0.2) is 6.61 Å². The zero-order valence-electron chi connectivity index (χ0n) is 12.8. The van der Waals surface area contributed by atoms with Gasteiger partial charge in [0.05, 0.1) is 0 Å². The van der Waals surface area contributed by atoms with E-state index in [4.69, 9.17) is 4.74 Å². The summed E-state index contributed by atoms with van der Waals surface area (Å²) in [4.78, 5) is 11.9. The van der Waals surface area contributed by atoms with Crippen LogP contribution in [0, 0.1) is 20.8 Å². The van der Waals surface area contributed by atoms with Gasteiger partial charge in [0.1, 0.15) is 5.75 Å². The Morgan fingerprint density at radius 1 is 1.00 bits per heavy atom. The second kappa shape index (κ2) is 6.93. The molecule has 0 atom stereocenters. The van der Waals surface area contributed by atoms with E-state index in [1.165, 1.54) is 5.56 Å². The van der Waals surface area contributed by atoms with Crippen LogP contribution in [0.4, 0.5) is 0 Å². The van der Waals surface area contributed by atoms with Gasteiger partial charge in [-0.2, -0.15) is 0 Å². The molecule has 2 rings (SSSR count). The fourth-order valence-corrected chi connectivity index (χ4v) is 2.13. The lowest BCUT2D eigenvalue weighted by molar-refractivity contribution is -0.123. The third-order valence-electron chi connectivity index (χ3n) is 3.55. The molecule has 1 amide bonds. The fraction of sp³-hybridized carbons (Fsp3) is 0.278. The van der Waals surface area contributed by atoms with E-state index in [2.05, 4.69) is 11.4 Å². The number of ether oxygens (including phenoxy) is 1. The van der Waals surface area contributed by atoms with Crippen molar-refractivity contribution >= 4 is 5.91 Å². The van der Waals surface area contributed by atoms with Crippen LogP contribution < -0.4 is 10.1 Å². The highest BCUT2D eigenvalue weighted by Gasteiger charge is 2.09. The number of carbonyl (C=O) groups excluding carboxylic acids is 1. The zero-order chi connectivity index (χ0) is 15.2. The molecule has 0 bridgehead atoms. The standard InChI is InChI=1S/C18H21NO2/c1-13-9-10-14(2)18(15(13)3)21-12-17(20)19-11-16-7-5-4-6-8-16/h4-10H,11-12H2,1-3H3,(H,19,20). The molecule has 0 saturated carbocycles. The SMILES string of the molecule is Cc1ccc(C)c(OCC(=O)NCc2ccccc2)c1C. The van der Waals surface area contributed by atoms with Crippen LogP contribution in [0.5, 0.6) is 5.75 Å². The quantitative estimate of drug-likeness (QED) is 0.914. The Bertz CT molecular complexity index is 621. The Morgan fingerprint density at radius 3 is 2.38 bits per heavy atom. The maximum atomic E-state index is 11.9. The maximum absolute atomic E-state index is 11.9. The number of hydrogen-bond acceptors (Lipinski definition) is 2. The number of hydrogen-bond donors (Lipinski definition) is 1. The number of benzene rings is 2. The summed E-state index contributed by atoms with van der Waals surface area (Å²) < 4.78 is 5.69. The molecule has 21 heavy (non-hydrogen) atoms. The summed E-state index contributed by atoms with van der Waals surface area (Å²) in [5, 5.41) is 2.86. The van der Waals surface area contributed by atoms with Gasteiger partial charge < -0.3 is 10.1 Å². The largest absolute Gasteiger partial charge is 0.483 e. The van der Waals surface area contributed by atoms with Crippen molar-refractivity contribution in [1.82, 2.24) is 5.32 Å². The molecule has 2 aromatic carbocycles. The molecule has 0 unspecified atom stereocenters. The van der Waals surface area contributed by atoms with Gasteiger partial charge in [-0.3, -0.25) is 4.79 Å². The van der Waals surface area contributed by atoms with Crippen molar-refractivity contribution in [2.75, 3.05) is 6.61 Å². The molecule has 0 aliphatic heterocycles. The lowest BCUT2D eigenvalue weighted by atomic mass is 10.1. The van der Waals surface area contributed by atoms with Gasteiger partial charge >= 0.3 is 0 Å². The fourth-order valence-electron chi connectivity index (χ4n) is 2.13. The number of rotatable bonds is 5. The maximum Gasteiger partial charge on any atom is 0.258 e. The molecule has 110 valence electrons. The lowest BCUT2D eigenvalue weighted by Crippen LogP contribution is -2.28. The summed E-state index contributed by atoms with van der Waals surface area (Å²) in [7, 11) is 0. The highest BCUT2D eigenvalue weighted by Crippen LogP contribution is 2.25. The minimum Gasteiger partial charge on any atom is -0.483 e. The number of nitrogens with one attached hydrogen (secondary N) is 1. The molecule has 3 nitrogen and oxygen atoms in total. The van der Waals surface area contributed by atoms with Crippen LogP contribution in [0.25, 0.3) is 0 Å². The predicted octanol–water partition coefficient (Wildman–Crippen LogP) is 3.31. The van der Waals surface area contributed by atoms with E-state index in [1.807, 2.05) is 57.2 Å². The third kappa shape index (κ3) is 4.09. The average Bonchev–Trinajstić information content (AvgIpc) is 2.50. The van der Waals surface area contributed by atoms with Gasteiger partial charge in [-0.05, 0) is 43.0 Å². The topological polar surface area (TPSA) is 38.3 Å². The molecule has 0 radical (unpaired) electrons. The number of amides is 1. The van der Waals surface area contributed by atoms with Crippen LogP contribution in [0.2, 0.25) is 0 Å². The smallest absolute Gasteiger partial charge is 0.258 e. The van der Waals surface area contributed by atoms with Gasteiger partial charge in [-0.15, -0.1) is 0 Å². The summed E-state index contributed by atoms with van der Waals surface area (Å²) in [5.74, 6) is 0.698. The zero-order valence-corrected chi connectivity index (χ0v) is 12.8. The molecule has 1 N–H and O–H groups in total. The van der Waals surface area contributed by atoms with Crippen molar-refractivity contribution in [2.24, 2.45) is 0 Å². The van der Waals surface area contributed by atoms with Crippen LogP contribution in [-0.4, -0.2) is 12.5 Å². The van der Waals surface area contributed by atoms with E-state index in [0.717, 1.165) is 22.4 Å². The van der Waals surface area contributed by atoms with Gasteiger partial charge in [-0.25, -0.2) is 0 Å². The van der Waals surface area contributed by atoms with Crippen LogP contribution in [0.15, 0.2) is 42.5 Å². The molecule has 0 saturated heterocycles. The molecule has 0 aliphatic rings. The number of aryl methyl sites for hydroxylation is 2. The Morgan fingerprint density at radius 2 is 1.67 bits per heavy atom.